The van der Waals surface area contributed by atoms with Crippen LogP contribution in [-0.4, -0.2) is 67.4 Å². The van der Waals surface area contributed by atoms with Gasteiger partial charge in [-0.25, -0.2) is 0 Å². The van der Waals surface area contributed by atoms with Crippen molar-refractivity contribution in [2.75, 3.05) is 44.7 Å². The minimum Gasteiger partial charge on any atom is -0.372 e. The van der Waals surface area contributed by atoms with Gasteiger partial charge in [0.1, 0.15) is 0 Å². The molecule has 0 radical (unpaired) electrons. The first-order valence-corrected chi connectivity index (χ1v) is 8.13. The molecule has 1 aromatic rings. The van der Waals surface area contributed by atoms with E-state index in [1.54, 1.807) is 4.90 Å². The Hall–Kier alpha value is -2.08. The van der Waals surface area contributed by atoms with Crippen LogP contribution in [0.25, 0.3) is 0 Å². The van der Waals surface area contributed by atoms with Crippen LogP contribution in [0.1, 0.15) is 12.5 Å². The van der Waals surface area contributed by atoms with Gasteiger partial charge in [-0.1, -0.05) is 18.2 Å². The second-order valence-corrected chi connectivity index (χ2v) is 6.37. The van der Waals surface area contributed by atoms with Crippen LogP contribution in [0.2, 0.25) is 0 Å². The van der Waals surface area contributed by atoms with Crippen molar-refractivity contribution in [2.45, 2.75) is 19.5 Å². The number of carbonyl (C=O) groups excluding carboxylic acids is 2. The fraction of sp³-hybridized carbons (Fsp3) is 0.529. The Labute approximate surface area is 137 Å². The van der Waals surface area contributed by atoms with Crippen LogP contribution in [0, 0.1) is 0 Å². The van der Waals surface area contributed by atoms with Crippen LogP contribution < -0.4 is 10.2 Å². The van der Waals surface area contributed by atoms with Gasteiger partial charge in [0, 0.05) is 45.0 Å². The fourth-order valence-electron chi connectivity index (χ4n) is 3.35. The molecule has 1 fully saturated rings. The van der Waals surface area contributed by atoms with Crippen LogP contribution in [0.3, 0.4) is 0 Å². The lowest BCUT2D eigenvalue weighted by Gasteiger charge is -2.32. The smallest absolute Gasteiger partial charge is 0.242 e. The Morgan fingerprint density at radius 1 is 1.35 bits per heavy atom. The number of anilines is 1. The zero-order chi connectivity index (χ0) is 16.4. The minimum absolute atomic E-state index is 0.00425. The molecule has 6 heteroatoms. The van der Waals surface area contributed by atoms with Crippen LogP contribution in [0.4, 0.5) is 5.69 Å². The summed E-state index contributed by atoms with van der Waals surface area (Å²) in [5.74, 6) is 0.0300. The number of hydrogen-bond donors (Lipinski definition) is 1. The van der Waals surface area contributed by atoms with Gasteiger partial charge in [0.15, 0.2) is 0 Å². The molecule has 2 aliphatic rings. The van der Waals surface area contributed by atoms with Crippen molar-refractivity contribution < 1.29 is 9.59 Å². The van der Waals surface area contributed by atoms with Crippen molar-refractivity contribution >= 4 is 17.5 Å². The highest BCUT2D eigenvalue weighted by Gasteiger charge is 2.29. The highest BCUT2D eigenvalue weighted by molar-refractivity contribution is 5.86. The molecule has 0 saturated carbocycles. The molecule has 23 heavy (non-hydrogen) atoms. The summed E-state index contributed by atoms with van der Waals surface area (Å²) < 4.78 is 0. The topological polar surface area (TPSA) is 55.9 Å². The first-order valence-electron chi connectivity index (χ1n) is 8.13. The Morgan fingerprint density at radius 2 is 2.13 bits per heavy atom. The average molecular weight is 316 g/mol. The maximum absolute atomic E-state index is 12.8. The van der Waals surface area contributed by atoms with Crippen LogP contribution >= 0.6 is 0 Å². The molecule has 3 rings (SSSR count). The third kappa shape index (κ3) is 3.32. The SMILES string of the molecule is CC1CN(C)c2ccccc2CN1C(=O)CN1CCNCC1=O. The second kappa shape index (κ2) is 6.58. The third-order valence-corrected chi connectivity index (χ3v) is 4.65. The number of para-hydroxylation sites is 1. The predicted octanol–water partition coefficient (Wildman–Crippen LogP) is 0.285. The molecule has 6 nitrogen and oxygen atoms in total. The van der Waals surface area contributed by atoms with Crippen molar-refractivity contribution in [1.29, 1.82) is 0 Å². The number of fused-ring (bicyclic) bond motifs is 1. The van der Waals surface area contributed by atoms with Gasteiger partial charge in [-0.05, 0) is 18.6 Å². The van der Waals surface area contributed by atoms with Gasteiger partial charge >= 0.3 is 0 Å². The highest BCUT2D eigenvalue weighted by Crippen LogP contribution is 2.26. The Balaban J connectivity index is 1.76. The molecular weight excluding hydrogens is 292 g/mol. The monoisotopic (exact) mass is 316 g/mol. The van der Waals surface area contributed by atoms with Gasteiger partial charge < -0.3 is 20.0 Å². The molecule has 2 heterocycles. The minimum atomic E-state index is 0.00425. The molecule has 2 amide bonds. The van der Waals surface area contributed by atoms with Gasteiger partial charge in [-0.3, -0.25) is 9.59 Å². The van der Waals surface area contributed by atoms with Gasteiger partial charge in [0.05, 0.1) is 13.1 Å². The van der Waals surface area contributed by atoms with Crippen molar-refractivity contribution in [2.24, 2.45) is 0 Å². The van der Waals surface area contributed by atoms with E-state index in [1.165, 1.54) is 5.69 Å². The fourth-order valence-corrected chi connectivity index (χ4v) is 3.35. The molecule has 1 atom stereocenters. The summed E-state index contributed by atoms with van der Waals surface area (Å²) in [6.07, 6.45) is 0. The molecule has 2 aliphatic heterocycles. The summed E-state index contributed by atoms with van der Waals surface area (Å²) in [4.78, 5) is 30.4. The van der Waals surface area contributed by atoms with Crippen LogP contribution in [-0.2, 0) is 16.1 Å². The number of carbonyl (C=O) groups is 2. The number of piperazine rings is 1. The second-order valence-electron chi connectivity index (χ2n) is 6.37. The number of likely N-dealkylation sites (N-methyl/N-ethyl adjacent to an activating group) is 1. The lowest BCUT2D eigenvalue weighted by atomic mass is 10.1. The standard InChI is InChI=1S/C17H24N4O2/c1-13-10-19(2)15-6-4-3-5-14(15)11-21(13)17(23)12-20-8-7-18-9-16(20)22/h3-6,13,18H,7-12H2,1-2H3. The number of hydrogen-bond acceptors (Lipinski definition) is 4. The maximum atomic E-state index is 12.8. The molecule has 0 aromatic heterocycles. The summed E-state index contributed by atoms with van der Waals surface area (Å²) in [7, 11) is 2.06. The average Bonchev–Trinajstić information content (AvgIpc) is 2.66. The van der Waals surface area contributed by atoms with Crippen LogP contribution in [0.5, 0.6) is 0 Å². The zero-order valence-electron chi connectivity index (χ0n) is 13.8. The molecule has 1 unspecified atom stereocenters. The van der Waals surface area contributed by atoms with Gasteiger partial charge in [-0.15, -0.1) is 0 Å². The normalized spacial score (nSPS) is 21.9. The summed E-state index contributed by atoms with van der Waals surface area (Å²) in [5.41, 5.74) is 2.33. The van der Waals surface area contributed by atoms with E-state index in [0.717, 1.165) is 18.7 Å². The van der Waals surface area contributed by atoms with E-state index in [4.69, 9.17) is 0 Å². The quantitative estimate of drug-likeness (QED) is 0.852. The number of benzene rings is 1. The number of nitrogens with one attached hydrogen (secondary N) is 1. The maximum Gasteiger partial charge on any atom is 0.242 e. The molecule has 1 saturated heterocycles. The van der Waals surface area contributed by atoms with E-state index < -0.39 is 0 Å². The molecular formula is C17H24N4O2. The van der Waals surface area contributed by atoms with Crippen molar-refractivity contribution in [3.05, 3.63) is 29.8 Å². The van der Waals surface area contributed by atoms with Gasteiger partial charge in [0.25, 0.3) is 0 Å². The van der Waals surface area contributed by atoms with Crippen molar-refractivity contribution in [3.8, 4) is 0 Å². The molecule has 0 aliphatic carbocycles. The lowest BCUT2D eigenvalue weighted by Crippen LogP contribution is -2.53. The summed E-state index contributed by atoms with van der Waals surface area (Å²) >= 11 is 0. The zero-order valence-corrected chi connectivity index (χ0v) is 13.8. The number of rotatable bonds is 2. The van der Waals surface area contributed by atoms with Crippen LogP contribution in [0.15, 0.2) is 24.3 Å². The van der Waals surface area contributed by atoms with Gasteiger partial charge in [0.2, 0.25) is 11.8 Å². The van der Waals surface area contributed by atoms with Crippen molar-refractivity contribution in [3.63, 3.8) is 0 Å². The molecule has 1 aromatic carbocycles. The van der Waals surface area contributed by atoms with E-state index in [-0.39, 0.29) is 24.4 Å². The van der Waals surface area contributed by atoms with E-state index in [9.17, 15) is 9.59 Å². The lowest BCUT2D eigenvalue weighted by molar-refractivity contribution is -0.142. The largest absolute Gasteiger partial charge is 0.372 e. The van der Waals surface area contributed by atoms with E-state index >= 15 is 0 Å². The summed E-state index contributed by atoms with van der Waals surface area (Å²) in [5, 5.41) is 3.03. The van der Waals surface area contributed by atoms with Crippen molar-refractivity contribution in [1.82, 2.24) is 15.1 Å². The Morgan fingerprint density at radius 3 is 2.91 bits per heavy atom. The van der Waals surface area contributed by atoms with Gasteiger partial charge in [-0.2, -0.15) is 0 Å². The first kappa shape index (κ1) is 15.8. The Bertz CT molecular complexity index is 604. The highest BCUT2D eigenvalue weighted by atomic mass is 16.2. The molecule has 124 valence electrons. The molecule has 0 bridgehead atoms. The predicted molar refractivity (Wildman–Crippen MR) is 89.2 cm³/mol. The van der Waals surface area contributed by atoms with E-state index in [0.29, 0.717) is 19.6 Å². The third-order valence-electron chi connectivity index (χ3n) is 4.65. The molecule has 1 N–H and O–H groups in total. The summed E-state index contributed by atoms with van der Waals surface area (Å²) in [6.45, 7) is 5.31. The number of nitrogens with zero attached hydrogens (tertiary/aromatic N) is 3. The van der Waals surface area contributed by atoms with E-state index in [1.807, 2.05) is 17.0 Å². The van der Waals surface area contributed by atoms with E-state index in [2.05, 4.69) is 36.3 Å². The molecule has 0 spiro atoms. The first-order chi connectivity index (χ1) is 11.1. The number of amides is 2. The summed E-state index contributed by atoms with van der Waals surface area (Å²) in [6, 6.07) is 8.30. The Kier molecular flexibility index (Phi) is 4.52.